The van der Waals surface area contributed by atoms with Gasteiger partial charge in [-0.15, -0.1) is 11.8 Å². The van der Waals surface area contributed by atoms with Gasteiger partial charge in [0.1, 0.15) is 0 Å². The predicted molar refractivity (Wildman–Crippen MR) is 71.5 cm³/mol. The molecule has 0 fully saturated rings. The molecule has 0 unspecified atom stereocenters. The minimum atomic E-state index is -0.0504. The molecule has 1 amide bonds. The fourth-order valence-electron chi connectivity index (χ4n) is 1.12. The first kappa shape index (κ1) is 14.2. The molecule has 0 saturated heterocycles. The van der Waals surface area contributed by atoms with E-state index in [1.807, 2.05) is 0 Å². The van der Waals surface area contributed by atoms with Crippen molar-refractivity contribution < 1.29 is 9.53 Å². The summed E-state index contributed by atoms with van der Waals surface area (Å²) in [6.07, 6.45) is 0. The van der Waals surface area contributed by atoms with Crippen LogP contribution in [0.1, 0.15) is 0 Å². The Balaban J connectivity index is 2.39. The van der Waals surface area contributed by atoms with Crippen molar-refractivity contribution in [2.75, 3.05) is 31.7 Å². The van der Waals surface area contributed by atoms with Gasteiger partial charge >= 0.3 is 0 Å². The van der Waals surface area contributed by atoms with E-state index in [2.05, 4.69) is 5.32 Å². The molecular formula is C11H15ClN2O2S. The van der Waals surface area contributed by atoms with E-state index in [0.29, 0.717) is 29.6 Å². The molecule has 0 heterocycles. The fraction of sp³-hybridized carbons (Fsp3) is 0.364. The van der Waals surface area contributed by atoms with E-state index in [-0.39, 0.29) is 5.91 Å². The number of benzene rings is 1. The summed E-state index contributed by atoms with van der Waals surface area (Å²) in [7, 11) is 1.59. The summed E-state index contributed by atoms with van der Waals surface area (Å²) in [5.74, 6) is 0.262. The van der Waals surface area contributed by atoms with E-state index in [4.69, 9.17) is 22.1 Å². The first-order valence-corrected chi connectivity index (χ1v) is 6.43. The topological polar surface area (TPSA) is 64.3 Å². The van der Waals surface area contributed by atoms with Crippen LogP contribution in [0.3, 0.4) is 0 Å². The average molecular weight is 275 g/mol. The Morgan fingerprint density at radius 2 is 2.35 bits per heavy atom. The molecule has 1 rings (SSSR count). The summed E-state index contributed by atoms with van der Waals surface area (Å²) in [5.41, 5.74) is 6.28. The summed E-state index contributed by atoms with van der Waals surface area (Å²) < 4.78 is 4.83. The normalized spacial score (nSPS) is 10.2. The van der Waals surface area contributed by atoms with Crippen LogP contribution >= 0.6 is 23.4 Å². The first-order chi connectivity index (χ1) is 8.13. The standard InChI is InChI=1S/C11H15ClN2O2S/c1-16-5-4-14-11(15)7-17-10-6-8(13)2-3-9(10)12/h2-3,6H,4-5,7,13H2,1H3,(H,14,15). The smallest absolute Gasteiger partial charge is 0.230 e. The maximum atomic E-state index is 11.4. The highest BCUT2D eigenvalue weighted by Crippen LogP contribution is 2.28. The third-order valence-electron chi connectivity index (χ3n) is 1.94. The number of hydrogen-bond acceptors (Lipinski definition) is 4. The van der Waals surface area contributed by atoms with Crippen LogP contribution in [0, 0.1) is 0 Å². The molecule has 0 bridgehead atoms. The molecule has 0 aliphatic rings. The zero-order chi connectivity index (χ0) is 12.7. The number of carbonyl (C=O) groups is 1. The first-order valence-electron chi connectivity index (χ1n) is 5.07. The summed E-state index contributed by atoms with van der Waals surface area (Å²) in [4.78, 5) is 12.2. The third-order valence-corrected chi connectivity index (χ3v) is 3.44. The van der Waals surface area contributed by atoms with Crippen molar-refractivity contribution in [1.29, 1.82) is 0 Å². The summed E-state index contributed by atoms with van der Waals surface area (Å²) in [6.45, 7) is 1.02. The third kappa shape index (κ3) is 5.30. The lowest BCUT2D eigenvalue weighted by Gasteiger charge is -2.06. The van der Waals surface area contributed by atoms with E-state index in [1.165, 1.54) is 11.8 Å². The number of anilines is 1. The largest absolute Gasteiger partial charge is 0.399 e. The lowest BCUT2D eigenvalue weighted by molar-refractivity contribution is -0.118. The van der Waals surface area contributed by atoms with Crippen LogP contribution in [-0.2, 0) is 9.53 Å². The zero-order valence-electron chi connectivity index (χ0n) is 9.53. The lowest BCUT2D eigenvalue weighted by atomic mass is 10.3. The quantitative estimate of drug-likeness (QED) is 0.471. The van der Waals surface area contributed by atoms with E-state index in [1.54, 1.807) is 25.3 Å². The molecule has 0 aromatic heterocycles. The molecule has 17 heavy (non-hydrogen) atoms. The number of rotatable bonds is 6. The summed E-state index contributed by atoms with van der Waals surface area (Å²) in [5, 5.41) is 3.33. The van der Waals surface area contributed by atoms with Gasteiger partial charge in [0.15, 0.2) is 0 Å². The number of nitrogens with two attached hydrogens (primary N) is 1. The molecule has 94 valence electrons. The molecule has 0 aliphatic heterocycles. The number of carbonyl (C=O) groups excluding carboxylic acids is 1. The Morgan fingerprint density at radius 3 is 3.06 bits per heavy atom. The molecular weight excluding hydrogens is 260 g/mol. The van der Waals surface area contributed by atoms with Crippen molar-refractivity contribution in [1.82, 2.24) is 5.32 Å². The fourth-order valence-corrected chi connectivity index (χ4v) is 2.21. The van der Waals surface area contributed by atoms with Crippen LogP contribution in [0.15, 0.2) is 23.1 Å². The number of methoxy groups -OCH3 is 1. The van der Waals surface area contributed by atoms with Crippen LogP contribution in [0.4, 0.5) is 5.69 Å². The van der Waals surface area contributed by atoms with Gasteiger partial charge in [0.05, 0.1) is 17.4 Å². The highest BCUT2D eigenvalue weighted by atomic mass is 35.5. The molecule has 6 heteroatoms. The van der Waals surface area contributed by atoms with E-state index >= 15 is 0 Å². The molecule has 0 saturated carbocycles. The van der Waals surface area contributed by atoms with Gasteiger partial charge in [-0.05, 0) is 18.2 Å². The molecule has 1 aromatic rings. The maximum absolute atomic E-state index is 11.4. The number of halogens is 1. The molecule has 0 spiro atoms. The van der Waals surface area contributed by atoms with Crippen LogP contribution in [0.25, 0.3) is 0 Å². The van der Waals surface area contributed by atoms with E-state index < -0.39 is 0 Å². The van der Waals surface area contributed by atoms with E-state index in [0.717, 1.165) is 4.90 Å². The zero-order valence-corrected chi connectivity index (χ0v) is 11.1. The van der Waals surface area contributed by atoms with Crippen LogP contribution in [-0.4, -0.2) is 31.9 Å². The van der Waals surface area contributed by atoms with Crippen molar-refractivity contribution in [3.05, 3.63) is 23.2 Å². The van der Waals surface area contributed by atoms with Crippen LogP contribution < -0.4 is 11.1 Å². The number of nitrogen functional groups attached to an aromatic ring is 1. The van der Waals surface area contributed by atoms with Gasteiger partial charge in [-0.2, -0.15) is 0 Å². The Bertz CT molecular complexity index is 388. The van der Waals surface area contributed by atoms with Crippen molar-refractivity contribution >= 4 is 35.0 Å². The highest BCUT2D eigenvalue weighted by molar-refractivity contribution is 8.00. The van der Waals surface area contributed by atoms with E-state index in [9.17, 15) is 4.79 Å². The molecule has 0 aliphatic carbocycles. The van der Waals surface area contributed by atoms with Gasteiger partial charge in [0.2, 0.25) is 5.91 Å². The maximum Gasteiger partial charge on any atom is 0.230 e. The van der Waals surface area contributed by atoms with Gasteiger partial charge in [-0.1, -0.05) is 11.6 Å². The lowest BCUT2D eigenvalue weighted by Crippen LogP contribution is -2.28. The molecule has 4 nitrogen and oxygen atoms in total. The number of thioether (sulfide) groups is 1. The van der Waals surface area contributed by atoms with Crippen molar-refractivity contribution in [3.63, 3.8) is 0 Å². The monoisotopic (exact) mass is 274 g/mol. The molecule has 0 radical (unpaired) electrons. The van der Waals surface area contributed by atoms with Crippen molar-refractivity contribution in [2.45, 2.75) is 4.90 Å². The summed E-state index contributed by atoms with van der Waals surface area (Å²) >= 11 is 7.34. The molecule has 3 N–H and O–H groups in total. The molecule has 0 atom stereocenters. The summed E-state index contributed by atoms with van der Waals surface area (Å²) in [6, 6.07) is 5.21. The highest BCUT2D eigenvalue weighted by Gasteiger charge is 2.05. The second kappa shape index (κ2) is 7.42. The number of ether oxygens (including phenoxy) is 1. The minimum Gasteiger partial charge on any atom is -0.399 e. The number of amides is 1. The van der Waals surface area contributed by atoms with Gasteiger partial charge in [0, 0.05) is 24.2 Å². The Hall–Kier alpha value is -0.910. The second-order valence-electron chi connectivity index (χ2n) is 3.32. The van der Waals surface area contributed by atoms with Gasteiger partial charge in [-0.3, -0.25) is 4.79 Å². The Kier molecular flexibility index (Phi) is 6.18. The number of nitrogens with one attached hydrogen (secondary N) is 1. The number of hydrogen-bond donors (Lipinski definition) is 2. The predicted octanol–water partition coefficient (Wildman–Crippen LogP) is 1.78. The SMILES string of the molecule is COCCNC(=O)CSc1cc(N)ccc1Cl. The van der Waals surface area contributed by atoms with Crippen LogP contribution in [0.5, 0.6) is 0 Å². The Morgan fingerprint density at radius 1 is 1.59 bits per heavy atom. The van der Waals surface area contributed by atoms with Gasteiger partial charge in [0.25, 0.3) is 0 Å². The van der Waals surface area contributed by atoms with Crippen molar-refractivity contribution in [2.24, 2.45) is 0 Å². The van der Waals surface area contributed by atoms with Crippen molar-refractivity contribution in [3.8, 4) is 0 Å². The Labute approximate surface area is 110 Å². The average Bonchev–Trinajstić information content (AvgIpc) is 2.31. The second-order valence-corrected chi connectivity index (χ2v) is 4.75. The molecule has 1 aromatic carbocycles. The van der Waals surface area contributed by atoms with Gasteiger partial charge < -0.3 is 15.8 Å². The minimum absolute atomic E-state index is 0.0504. The van der Waals surface area contributed by atoms with Gasteiger partial charge in [-0.25, -0.2) is 0 Å². The van der Waals surface area contributed by atoms with Crippen LogP contribution in [0.2, 0.25) is 5.02 Å².